The average molecular weight is 242 g/mol. The minimum atomic E-state index is -0.616. The van der Waals surface area contributed by atoms with E-state index in [0.29, 0.717) is 5.56 Å². The maximum Gasteiger partial charge on any atom is 0.219 e. The standard InChI is InChI=1S/C12H16F2N2O/c1-12(2,6-11(15)17)16-7-8-3-9(13)5-10(14)4-8/h3-5,16H,6-7H2,1-2H3,(H2,15,17). The molecule has 0 aliphatic rings. The molecule has 0 spiro atoms. The van der Waals surface area contributed by atoms with Gasteiger partial charge >= 0.3 is 0 Å². The SMILES string of the molecule is CC(C)(CC(N)=O)NCc1cc(F)cc(F)c1. The van der Waals surface area contributed by atoms with Crippen LogP contribution < -0.4 is 11.1 Å². The summed E-state index contributed by atoms with van der Waals surface area (Å²) >= 11 is 0. The number of halogens is 2. The summed E-state index contributed by atoms with van der Waals surface area (Å²) in [6.07, 6.45) is 0.158. The van der Waals surface area contributed by atoms with E-state index in [1.807, 2.05) is 0 Å². The van der Waals surface area contributed by atoms with Crippen LogP contribution >= 0.6 is 0 Å². The lowest BCUT2D eigenvalue weighted by Crippen LogP contribution is -2.42. The van der Waals surface area contributed by atoms with E-state index in [1.165, 1.54) is 12.1 Å². The van der Waals surface area contributed by atoms with E-state index in [-0.39, 0.29) is 13.0 Å². The third-order valence-electron chi connectivity index (χ3n) is 2.31. The highest BCUT2D eigenvalue weighted by Crippen LogP contribution is 2.12. The second kappa shape index (κ2) is 5.23. The number of carbonyl (C=O) groups excluding carboxylic acids is 1. The summed E-state index contributed by atoms with van der Waals surface area (Å²) in [5.41, 5.74) is 5.08. The summed E-state index contributed by atoms with van der Waals surface area (Å²) in [6.45, 7) is 3.87. The van der Waals surface area contributed by atoms with Gasteiger partial charge in [0, 0.05) is 24.6 Å². The summed E-state index contributed by atoms with van der Waals surface area (Å²) in [7, 11) is 0. The van der Waals surface area contributed by atoms with Crippen molar-refractivity contribution >= 4 is 5.91 Å². The molecule has 0 aliphatic heterocycles. The van der Waals surface area contributed by atoms with Crippen LogP contribution in [-0.2, 0) is 11.3 Å². The maximum atomic E-state index is 12.9. The normalized spacial score (nSPS) is 11.5. The topological polar surface area (TPSA) is 55.1 Å². The van der Waals surface area contributed by atoms with Crippen molar-refractivity contribution in [3.8, 4) is 0 Å². The van der Waals surface area contributed by atoms with Crippen molar-refractivity contribution in [2.45, 2.75) is 32.4 Å². The number of benzene rings is 1. The van der Waals surface area contributed by atoms with Crippen LogP contribution in [0.2, 0.25) is 0 Å². The molecule has 0 radical (unpaired) electrons. The lowest BCUT2D eigenvalue weighted by atomic mass is 10.00. The third kappa shape index (κ3) is 4.91. The van der Waals surface area contributed by atoms with E-state index in [9.17, 15) is 13.6 Å². The van der Waals surface area contributed by atoms with Crippen molar-refractivity contribution in [3.05, 3.63) is 35.4 Å². The Balaban J connectivity index is 2.63. The third-order valence-corrected chi connectivity index (χ3v) is 2.31. The Bertz CT molecular complexity index is 399. The number of hydrogen-bond donors (Lipinski definition) is 2. The average Bonchev–Trinajstić information content (AvgIpc) is 2.11. The first kappa shape index (κ1) is 13.6. The molecule has 5 heteroatoms. The zero-order chi connectivity index (χ0) is 13.1. The number of amides is 1. The maximum absolute atomic E-state index is 12.9. The Labute approximate surface area is 99.0 Å². The fourth-order valence-electron chi connectivity index (χ4n) is 1.55. The second-order valence-corrected chi connectivity index (χ2v) is 4.66. The number of hydrogen-bond acceptors (Lipinski definition) is 2. The molecule has 1 rings (SSSR count). The van der Waals surface area contributed by atoms with Crippen LogP contribution in [0.25, 0.3) is 0 Å². The van der Waals surface area contributed by atoms with Crippen LogP contribution in [0.15, 0.2) is 18.2 Å². The Kier molecular flexibility index (Phi) is 4.17. The van der Waals surface area contributed by atoms with E-state index in [4.69, 9.17) is 5.73 Å². The predicted octanol–water partition coefficient (Wildman–Crippen LogP) is 1.71. The van der Waals surface area contributed by atoms with Crippen LogP contribution in [0.4, 0.5) is 8.78 Å². The van der Waals surface area contributed by atoms with Gasteiger partial charge in [0.25, 0.3) is 0 Å². The molecule has 0 fully saturated rings. The summed E-state index contributed by atoms with van der Waals surface area (Å²) in [5, 5.41) is 3.03. The zero-order valence-corrected chi connectivity index (χ0v) is 9.89. The Morgan fingerprint density at radius 2 is 1.82 bits per heavy atom. The van der Waals surface area contributed by atoms with Gasteiger partial charge in [0.05, 0.1) is 0 Å². The molecular formula is C12H16F2N2O. The van der Waals surface area contributed by atoms with Gasteiger partial charge in [0.1, 0.15) is 11.6 Å². The van der Waals surface area contributed by atoms with Crippen molar-refractivity contribution in [2.75, 3.05) is 0 Å². The van der Waals surface area contributed by atoms with E-state index >= 15 is 0 Å². The van der Waals surface area contributed by atoms with Crippen molar-refractivity contribution in [1.82, 2.24) is 5.32 Å². The highest BCUT2D eigenvalue weighted by atomic mass is 19.1. The smallest absolute Gasteiger partial charge is 0.219 e. The van der Waals surface area contributed by atoms with Crippen LogP contribution in [0, 0.1) is 11.6 Å². The molecule has 0 atom stereocenters. The van der Waals surface area contributed by atoms with Crippen molar-refractivity contribution < 1.29 is 13.6 Å². The van der Waals surface area contributed by atoms with Gasteiger partial charge in [0.2, 0.25) is 5.91 Å². The molecule has 1 amide bonds. The van der Waals surface area contributed by atoms with Crippen LogP contribution in [-0.4, -0.2) is 11.4 Å². The molecular weight excluding hydrogens is 226 g/mol. The molecule has 0 aromatic heterocycles. The monoisotopic (exact) mass is 242 g/mol. The molecule has 0 unspecified atom stereocenters. The Morgan fingerprint density at radius 1 is 1.29 bits per heavy atom. The molecule has 0 saturated heterocycles. The summed E-state index contributed by atoms with van der Waals surface area (Å²) < 4.78 is 25.8. The largest absolute Gasteiger partial charge is 0.370 e. The molecule has 3 nitrogen and oxygen atoms in total. The molecule has 0 aliphatic carbocycles. The summed E-state index contributed by atoms with van der Waals surface area (Å²) in [5.74, 6) is -1.66. The van der Waals surface area contributed by atoms with E-state index in [0.717, 1.165) is 6.07 Å². The molecule has 17 heavy (non-hydrogen) atoms. The number of nitrogens with two attached hydrogens (primary N) is 1. The fourth-order valence-corrected chi connectivity index (χ4v) is 1.55. The van der Waals surface area contributed by atoms with E-state index in [1.54, 1.807) is 13.8 Å². The van der Waals surface area contributed by atoms with Gasteiger partial charge in [-0.1, -0.05) is 0 Å². The molecule has 0 heterocycles. The molecule has 94 valence electrons. The molecule has 0 bridgehead atoms. The lowest BCUT2D eigenvalue weighted by molar-refractivity contribution is -0.119. The van der Waals surface area contributed by atoms with Crippen molar-refractivity contribution in [1.29, 1.82) is 0 Å². The highest BCUT2D eigenvalue weighted by molar-refractivity contribution is 5.74. The molecule has 1 aromatic carbocycles. The van der Waals surface area contributed by atoms with Gasteiger partial charge in [-0.2, -0.15) is 0 Å². The minimum Gasteiger partial charge on any atom is -0.370 e. The predicted molar refractivity (Wildman–Crippen MR) is 61.1 cm³/mol. The second-order valence-electron chi connectivity index (χ2n) is 4.66. The van der Waals surface area contributed by atoms with Crippen molar-refractivity contribution in [3.63, 3.8) is 0 Å². The number of nitrogens with one attached hydrogen (secondary N) is 1. The van der Waals surface area contributed by atoms with Crippen LogP contribution in [0.1, 0.15) is 25.8 Å². The first-order valence-corrected chi connectivity index (χ1v) is 5.27. The summed E-state index contributed by atoms with van der Waals surface area (Å²) in [6, 6.07) is 3.31. The van der Waals surface area contributed by atoms with E-state index in [2.05, 4.69) is 5.32 Å². The number of carbonyl (C=O) groups is 1. The molecule has 1 aromatic rings. The Morgan fingerprint density at radius 3 is 2.29 bits per heavy atom. The first-order valence-electron chi connectivity index (χ1n) is 5.27. The van der Waals surface area contributed by atoms with E-state index < -0.39 is 23.1 Å². The molecule has 3 N–H and O–H groups in total. The van der Waals surface area contributed by atoms with Crippen LogP contribution in [0.5, 0.6) is 0 Å². The van der Waals surface area contributed by atoms with Gasteiger partial charge in [-0.3, -0.25) is 4.79 Å². The van der Waals surface area contributed by atoms with Gasteiger partial charge in [0.15, 0.2) is 0 Å². The quantitative estimate of drug-likeness (QED) is 0.825. The van der Waals surface area contributed by atoms with Gasteiger partial charge in [-0.15, -0.1) is 0 Å². The van der Waals surface area contributed by atoms with Gasteiger partial charge in [-0.25, -0.2) is 8.78 Å². The minimum absolute atomic E-state index is 0.158. The fraction of sp³-hybridized carbons (Fsp3) is 0.417. The summed E-state index contributed by atoms with van der Waals surface area (Å²) in [4.78, 5) is 10.8. The number of primary amides is 1. The van der Waals surface area contributed by atoms with Crippen LogP contribution in [0.3, 0.4) is 0 Å². The van der Waals surface area contributed by atoms with Crippen molar-refractivity contribution in [2.24, 2.45) is 5.73 Å². The van der Waals surface area contributed by atoms with Gasteiger partial charge < -0.3 is 11.1 Å². The first-order chi connectivity index (χ1) is 7.78. The van der Waals surface area contributed by atoms with Gasteiger partial charge in [-0.05, 0) is 31.5 Å². The Hall–Kier alpha value is -1.49. The molecule has 0 saturated carbocycles. The lowest BCUT2D eigenvalue weighted by Gasteiger charge is -2.24. The highest BCUT2D eigenvalue weighted by Gasteiger charge is 2.19. The number of rotatable bonds is 5. The zero-order valence-electron chi connectivity index (χ0n) is 9.89.